The van der Waals surface area contributed by atoms with Crippen molar-refractivity contribution in [2.45, 2.75) is 33.1 Å². The Hall–Kier alpha value is -2.86. The van der Waals surface area contributed by atoms with Gasteiger partial charge < -0.3 is 15.4 Å². The summed E-state index contributed by atoms with van der Waals surface area (Å²) in [7, 11) is 1.58. The molecular weight excluding hydrogens is 366 g/mol. The Morgan fingerprint density at radius 1 is 0.931 bits per heavy atom. The van der Waals surface area contributed by atoms with Gasteiger partial charge in [-0.3, -0.25) is 14.5 Å². The fraction of sp³-hybridized carbons (Fsp3) is 0.391. The van der Waals surface area contributed by atoms with Crippen LogP contribution in [0.4, 0.5) is 11.4 Å². The molecule has 2 amide bonds. The Balaban J connectivity index is 1.88. The highest BCUT2D eigenvalue weighted by Gasteiger charge is 2.15. The number of hydrogen-bond donors (Lipinski definition) is 2. The Morgan fingerprint density at radius 2 is 1.52 bits per heavy atom. The molecule has 0 aliphatic rings. The van der Waals surface area contributed by atoms with E-state index in [-0.39, 0.29) is 30.3 Å². The monoisotopic (exact) mass is 397 g/mol. The van der Waals surface area contributed by atoms with Gasteiger partial charge in [-0.15, -0.1) is 0 Å². The van der Waals surface area contributed by atoms with Gasteiger partial charge in [-0.25, -0.2) is 0 Å². The molecule has 0 saturated heterocycles. The van der Waals surface area contributed by atoms with E-state index in [4.69, 9.17) is 4.74 Å². The minimum Gasteiger partial charge on any atom is -0.497 e. The first-order valence-corrected chi connectivity index (χ1v) is 9.78. The molecule has 156 valence electrons. The molecule has 2 N–H and O–H groups in total. The summed E-state index contributed by atoms with van der Waals surface area (Å²) in [5, 5.41) is 5.73. The standard InChI is InChI=1S/C23H31N3O3/c1-6-26(16-22(28)25-19-8-7-9-20(14-19)29-5)15-21(27)24-18-12-10-17(11-13-18)23(2,3)4/h7-14H,6,15-16H2,1-5H3,(H,24,27)(H,25,28). The second-order valence-corrected chi connectivity index (χ2v) is 7.96. The lowest BCUT2D eigenvalue weighted by atomic mass is 9.87. The van der Waals surface area contributed by atoms with Crippen molar-refractivity contribution in [3.05, 3.63) is 54.1 Å². The molecule has 0 fully saturated rings. The van der Waals surface area contributed by atoms with Gasteiger partial charge in [-0.1, -0.05) is 45.9 Å². The Morgan fingerprint density at radius 3 is 2.03 bits per heavy atom. The Kier molecular flexibility index (Phi) is 7.79. The highest BCUT2D eigenvalue weighted by molar-refractivity contribution is 5.94. The molecule has 0 radical (unpaired) electrons. The molecule has 2 aromatic carbocycles. The zero-order chi connectivity index (χ0) is 21.4. The van der Waals surface area contributed by atoms with Gasteiger partial charge in [-0.05, 0) is 41.8 Å². The number of likely N-dealkylation sites (N-methyl/N-ethyl adjacent to an activating group) is 1. The SMILES string of the molecule is CCN(CC(=O)Nc1ccc(C(C)(C)C)cc1)CC(=O)Nc1cccc(OC)c1. The molecule has 2 aromatic rings. The number of carbonyl (C=O) groups is 2. The van der Waals surface area contributed by atoms with Crippen LogP contribution in [0.1, 0.15) is 33.3 Å². The molecule has 0 aliphatic carbocycles. The van der Waals surface area contributed by atoms with Crippen LogP contribution < -0.4 is 15.4 Å². The molecule has 0 unspecified atom stereocenters. The third-order valence-electron chi connectivity index (χ3n) is 4.57. The van der Waals surface area contributed by atoms with Gasteiger partial charge in [0.1, 0.15) is 5.75 Å². The highest BCUT2D eigenvalue weighted by Crippen LogP contribution is 2.23. The first-order valence-electron chi connectivity index (χ1n) is 9.78. The second kappa shape index (κ2) is 10.1. The second-order valence-electron chi connectivity index (χ2n) is 7.96. The minimum absolute atomic E-state index is 0.0671. The van der Waals surface area contributed by atoms with Crippen LogP contribution in [0.25, 0.3) is 0 Å². The van der Waals surface area contributed by atoms with Crippen LogP contribution in [0.5, 0.6) is 5.75 Å². The molecule has 0 heterocycles. The number of ether oxygens (including phenoxy) is 1. The molecule has 29 heavy (non-hydrogen) atoms. The lowest BCUT2D eigenvalue weighted by Crippen LogP contribution is -2.38. The normalized spacial score (nSPS) is 11.2. The summed E-state index contributed by atoms with van der Waals surface area (Å²) < 4.78 is 5.16. The molecule has 0 spiro atoms. The van der Waals surface area contributed by atoms with E-state index in [1.807, 2.05) is 43.3 Å². The summed E-state index contributed by atoms with van der Waals surface area (Å²) >= 11 is 0. The van der Waals surface area contributed by atoms with Crippen LogP contribution in [0.2, 0.25) is 0 Å². The van der Waals surface area contributed by atoms with Crippen LogP contribution in [-0.2, 0) is 15.0 Å². The van der Waals surface area contributed by atoms with Crippen molar-refractivity contribution in [2.24, 2.45) is 0 Å². The van der Waals surface area contributed by atoms with Gasteiger partial charge in [0.2, 0.25) is 11.8 Å². The van der Waals surface area contributed by atoms with Crippen molar-refractivity contribution in [1.82, 2.24) is 4.90 Å². The van der Waals surface area contributed by atoms with Crippen LogP contribution in [-0.4, -0.2) is 43.5 Å². The maximum Gasteiger partial charge on any atom is 0.238 e. The van der Waals surface area contributed by atoms with Crippen molar-refractivity contribution in [3.8, 4) is 5.75 Å². The first kappa shape index (κ1) is 22.4. The van der Waals surface area contributed by atoms with Gasteiger partial charge in [0.25, 0.3) is 0 Å². The Bertz CT molecular complexity index is 826. The van der Waals surface area contributed by atoms with Gasteiger partial charge in [0.15, 0.2) is 0 Å². The molecule has 6 nitrogen and oxygen atoms in total. The maximum absolute atomic E-state index is 12.4. The summed E-state index contributed by atoms with van der Waals surface area (Å²) in [5.41, 5.74) is 2.69. The van der Waals surface area contributed by atoms with Crippen LogP contribution in [0, 0.1) is 0 Å². The molecule has 0 aromatic heterocycles. The fourth-order valence-electron chi connectivity index (χ4n) is 2.84. The topological polar surface area (TPSA) is 70.7 Å². The number of amides is 2. The van der Waals surface area contributed by atoms with Crippen molar-refractivity contribution in [2.75, 3.05) is 37.4 Å². The van der Waals surface area contributed by atoms with Gasteiger partial charge in [-0.2, -0.15) is 0 Å². The lowest BCUT2D eigenvalue weighted by Gasteiger charge is -2.20. The number of methoxy groups -OCH3 is 1. The van der Waals surface area contributed by atoms with Crippen LogP contribution in [0.15, 0.2) is 48.5 Å². The van der Waals surface area contributed by atoms with Gasteiger partial charge in [0, 0.05) is 17.4 Å². The first-order chi connectivity index (χ1) is 13.7. The molecule has 0 atom stereocenters. The summed E-state index contributed by atoms with van der Waals surface area (Å²) in [4.78, 5) is 26.5. The fourth-order valence-corrected chi connectivity index (χ4v) is 2.84. The molecule has 0 aliphatic heterocycles. The van der Waals surface area contributed by atoms with E-state index in [2.05, 4.69) is 31.4 Å². The van der Waals surface area contributed by atoms with Crippen LogP contribution in [0.3, 0.4) is 0 Å². The third kappa shape index (κ3) is 7.23. The number of benzene rings is 2. The molecule has 0 bridgehead atoms. The zero-order valence-electron chi connectivity index (χ0n) is 17.9. The summed E-state index contributed by atoms with van der Waals surface area (Å²) in [6, 6.07) is 15.0. The van der Waals surface area contributed by atoms with Gasteiger partial charge >= 0.3 is 0 Å². The summed E-state index contributed by atoms with van der Waals surface area (Å²) in [5.74, 6) is 0.346. The lowest BCUT2D eigenvalue weighted by molar-refractivity contribution is -0.119. The summed E-state index contributed by atoms with van der Waals surface area (Å²) in [6.45, 7) is 9.22. The number of nitrogens with one attached hydrogen (secondary N) is 2. The van der Waals surface area contributed by atoms with Crippen molar-refractivity contribution in [3.63, 3.8) is 0 Å². The smallest absolute Gasteiger partial charge is 0.238 e. The largest absolute Gasteiger partial charge is 0.497 e. The van der Waals surface area contributed by atoms with Crippen LogP contribution >= 0.6 is 0 Å². The van der Waals surface area contributed by atoms with Gasteiger partial charge in [0.05, 0.1) is 20.2 Å². The van der Waals surface area contributed by atoms with E-state index in [9.17, 15) is 9.59 Å². The maximum atomic E-state index is 12.4. The minimum atomic E-state index is -0.178. The number of rotatable bonds is 8. The predicted molar refractivity (Wildman–Crippen MR) is 118 cm³/mol. The molecule has 2 rings (SSSR count). The average Bonchev–Trinajstić information content (AvgIpc) is 2.67. The van der Waals surface area contributed by atoms with E-state index in [0.29, 0.717) is 18.0 Å². The predicted octanol–water partition coefficient (Wildman–Crippen LogP) is 3.89. The zero-order valence-corrected chi connectivity index (χ0v) is 17.9. The van der Waals surface area contributed by atoms with E-state index >= 15 is 0 Å². The van der Waals surface area contributed by atoms with E-state index in [0.717, 1.165) is 5.69 Å². The van der Waals surface area contributed by atoms with Crippen molar-refractivity contribution < 1.29 is 14.3 Å². The molecular formula is C23H31N3O3. The highest BCUT2D eigenvalue weighted by atomic mass is 16.5. The third-order valence-corrected chi connectivity index (χ3v) is 4.57. The number of nitrogens with zero attached hydrogens (tertiary/aromatic N) is 1. The molecule has 0 saturated carbocycles. The number of hydrogen-bond acceptors (Lipinski definition) is 4. The molecule has 6 heteroatoms. The summed E-state index contributed by atoms with van der Waals surface area (Å²) in [6.07, 6.45) is 0. The Labute approximate surface area is 173 Å². The van der Waals surface area contributed by atoms with E-state index < -0.39 is 0 Å². The van der Waals surface area contributed by atoms with Crippen molar-refractivity contribution in [1.29, 1.82) is 0 Å². The van der Waals surface area contributed by atoms with E-state index in [1.54, 1.807) is 24.1 Å². The average molecular weight is 398 g/mol. The quantitative estimate of drug-likeness (QED) is 0.709. The number of carbonyl (C=O) groups excluding carboxylic acids is 2. The van der Waals surface area contributed by atoms with E-state index in [1.165, 1.54) is 5.56 Å². The number of anilines is 2. The van der Waals surface area contributed by atoms with Crippen molar-refractivity contribution >= 4 is 23.2 Å².